The monoisotopic (exact) mass is 536 g/mol. The van der Waals surface area contributed by atoms with Gasteiger partial charge in [-0.2, -0.15) is 5.10 Å². The van der Waals surface area contributed by atoms with Gasteiger partial charge in [-0.05, 0) is 59.9 Å². The number of halogens is 1. The Morgan fingerprint density at radius 3 is 2.30 bits per heavy atom. The van der Waals surface area contributed by atoms with Crippen LogP contribution >= 0.6 is 24.0 Å². The van der Waals surface area contributed by atoms with Gasteiger partial charge in [0.15, 0.2) is 5.96 Å². The molecular weight excluding hydrogens is 495 g/mol. The lowest BCUT2D eigenvalue weighted by Crippen LogP contribution is -2.57. The van der Waals surface area contributed by atoms with Crippen molar-refractivity contribution < 1.29 is 9.53 Å². The molecule has 30 heavy (non-hydrogen) atoms. The summed E-state index contributed by atoms with van der Waals surface area (Å²) < 4.78 is 7.46. The molecule has 1 heterocycles. The number of hydrogen-bond acceptors (Lipinski definition) is 4. The number of aromatic nitrogens is 2. The van der Waals surface area contributed by atoms with Crippen molar-refractivity contribution in [3.05, 3.63) is 17.5 Å². The van der Waals surface area contributed by atoms with Gasteiger partial charge < -0.3 is 20.7 Å². The first-order chi connectivity index (χ1) is 13.5. The molecule has 9 heteroatoms. The molecule has 0 saturated carbocycles. The molecule has 174 valence electrons. The molecular formula is C21H41IN6O2. The predicted molar refractivity (Wildman–Crippen MR) is 134 cm³/mol. The van der Waals surface area contributed by atoms with Crippen LogP contribution < -0.4 is 16.0 Å². The van der Waals surface area contributed by atoms with E-state index < -0.39 is 17.2 Å². The number of nitrogens with zero attached hydrogens (tertiary/aromatic N) is 3. The molecule has 0 aromatic carbocycles. The van der Waals surface area contributed by atoms with E-state index in [9.17, 15) is 4.79 Å². The molecule has 0 saturated heterocycles. The molecule has 0 spiro atoms. The number of hydrogen-bond donors (Lipinski definition) is 3. The number of aliphatic imine (C=N–C) groups is 1. The third-order valence-electron chi connectivity index (χ3n) is 4.88. The fourth-order valence-corrected chi connectivity index (χ4v) is 3.05. The van der Waals surface area contributed by atoms with Crippen LogP contribution in [0.4, 0.5) is 4.79 Å². The smallest absolute Gasteiger partial charge is 0.408 e. The molecule has 0 atom stereocenters. The number of guanidine groups is 1. The molecule has 0 aliphatic heterocycles. The largest absolute Gasteiger partial charge is 0.444 e. The summed E-state index contributed by atoms with van der Waals surface area (Å²) in [5.74, 6) is 0.718. The highest BCUT2D eigenvalue weighted by Gasteiger charge is 2.30. The van der Waals surface area contributed by atoms with Gasteiger partial charge in [0, 0.05) is 32.4 Å². The summed E-state index contributed by atoms with van der Waals surface area (Å²) in [6, 6.07) is 2.08. The lowest BCUT2D eigenvalue weighted by molar-refractivity contribution is 0.0448. The molecule has 3 N–H and O–H groups in total. The van der Waals surface area contributed by atoms with Crippen LogP contribution in [0, 0.1) is 13.8 Å². The molecule has 0 unspecified atom stereocenters. The maximum atomic E-state index is 12.3. The average Bonchev–Trinajstić information content (AvgIpc) is 2.95. The number of carbonyl (C=O) groups is 1. The Kier molecular flexibility index (Phi) is 12.4. The summed E-state index contributed by atoms with van der Waals surface area (Å²) in [6.45, 7) is 16.0. The quantitative estimate of drug-likeness (QED) is 0.194. The number of aryl methyl sites for hydroxylation is 3. The SMILES string of the molecule is CCC(CC)(CNC(=NC)NCCCn1nc(C)cc1C)NC(=O)OC(C)(C)C.I. The van der Waals surface area contributed by atoms with Crippen molar-refractivity contribution in [2.45, 2.75) is 85.4 Å². The zero-order chi connectivity index (χ0) is 22.1. The van der Waals surface area contributed by atoms with Crippen molar-refractivity contribution in [1.82, 2.24) is 25.7 Å². The number of rotatable bonds is 9. The molecule has 1 aromatic rings. The van der Waals surface area contributed by atoms with Crippen LogP contribution in [0.15, 0.2) is 11.1 Å². The van der Waals surface area contributed by atoms with Crippen molar-refractivity contribution in [2.75, 3.05) is 20.1 Å². The van der Waals surface area contributed by atoms with Crippen LogP contribution in [0.1, 0.15) is 65.3 Å². The van der Waals surface area contributed by atoms with E-state index in [2.05, 4.69) is 52.9 Å². The van der Waals surface area contributed by atoms with E-state index in [1.807, 2.05) is 32.4 Å². The van der Waals surface area contributed by atoms with Crippen LogP contribution in [-0.2, 0) is 11.3 Å². The van der Waals surface area contributed by atoms with Gasteiger partial charge >= 0.3 is 6.09 Å². The first-order valence-corrected chi connectivity index (χ1v) is 10.5. The second-order valence-electron chi connectivity index (χ2n) is 8.47. The van der Waals surface area contributed by atoms with E-state index in [0.29, 0.717) is 6.54 Å². The minimum atomic E-state index is -0.520. The van der Waals surface area contributed by atoms with Crippen LogP contribution in [0.5, 0.6) is 0 Å². The number of nitrogens with one attached hydrogen (secondary N) is 3. The van der Waals surface area contributed by atoms with Gasteiger partial charge in [0.05, 0.1) is 11.2 Å². The molecule has 0 bridgehead atoms. The van der Waals surface area contributed by atoms with Gasteiger partial charge in [0.25, 0.3) is 0 Å². The molecule has 0 fully saturated rings. The average molecular weight is 537 g/mol. The second-order valence-corrected chi connectivity index (χ2v) is 8.47. The lowest BCUT2D eigenvalue weighted by atomic mass is 9.93. The van der Waals surface area contributed by atoms with Crippen LogP contribution in [0.25, 0.3) is 0 Å². The van der Waals surface area contributed by atoms with Crippen molar-refractivity contribution in [2.24, 2.45) is 4.99 Å². The van der Waals surface area contributed by atoms with Gasteiger partial charge in [0.1, 0.15) is 5.60 Å². The standard InChI is InChI=1S/C21H40N6O2.HI/c1-9-21(10-2,25-19(28)29-20(5,6)7)15-24-18(22-8)23-12-11-13-27-17(4)14-16(3)26-27;/h14H,9-13,15H2,1-8H3,(H,25,28)(H2,22,23,24);1H. The lowest BCUT2D eigenvalue weighted by Gasteiger charge is -2.34. The minimum absolute atomic E-state index is 0. The van der Waals surface area contributed by atoms with E-state index in [1.54, 1.807) is 7.05 Å². The van der Waals surface area contributed by atoms with Gasteiger partial charge in [-0.3, -0.25) is 9.67 Å². The van der Waals surface area contributed by atoms with E-state index >= 15 is 0 Å². The van der Waals surface area contributed by atoms with Crippen LogP contribution in [0.3, 0.4) is 0 Å². The summed E-state index contributed by atoms with van der Waals surface area (Å²) >= 11 is 0. The molecule has 1 aromatic heterocycles. The molecule has 8 nitrogen and oxygen atoms in total. The second kappa shape index (κ2) is 13.0. The normalized spacial score (nSPS) is 12.2. The van der Waals surface area contributed by atoms with Gasteiger partial charge in [0.2, 0.25) is 0 Å². The first-order valence-electron chi connectivity index (χ1n) is 10.5. The predicted octanol–water partition coefficient (Wildman–Crippen LogP) is 3.76. The fraction of sp³-hybridized carbons (Fsp3) is 0.762. The van der Waals surface area contributed by atoms with Crippen molar-refractivity contribution >= 4 is 36.0 Å². The Hall–Kier alpha value is -1.52. The Bertz CT molecular complexity index is 678. The molecule has 1 amide bonds. The van der Waals surface area contributed by atoms with Crippen LogP contribution in [0.2, 0.25) is 0 Å². The Morgan fingerprint density at radius 2 is 1.83 bits per heavy atom. The Balaban J connectivity index is 0.00000841. The minimum Gasteiger partial charge on any atom is -0.444 e. The summed E-state index contributed by atoms with van der Waals surface area (Å²) in [6.07, 6.45) is 2.11. The molecule has 0 radical (unpaired) electrons. The van der Waals surface area contributed by atoms with Gasteiger partial charge in [-0.25, -0.2) is 4.79 Å². The maximum Gasteiger partial charge on any atom is 0.408 e. The highest BCUT2D eigenvalue weighted by Crippen LogP contribution is 2.16. The summed E-state index contributed by atoms with van der Waals surface area (Å²) in [5, 5.41) is 14.2. The van der Waals surface area contributed by atoms with E-state index in [4.69, 9.17) is 4.74 Å². The number of carbonyl (C=O) groups excluding carboxylic acids is 1. The summed E-state index contributed by atoms with van der Waals surface area (Å²) in [7, 11) is 1.75. The van der Waals surface area contributed by atoms with Crippen molar-refractivity contribution in [1.29, 1.82) is 0 Å². The maximum absolute atomic E-state index is 12.3. The van der Waals surface area contributed by atoms with E-state index in [1.165, 1.54) is 5.69 Å². The Morgan fingerprint density at radius 1 is 1.20 bits per heavy atom. The third kappa shape index (κ3) is 9.99. The van der Waals surface area contributed by atoms with Gasteiger partial charge in [-0.15, -0.1) is 24.0 Å². The van der Waals surface area contributed by atoms with Crippen molar-refractivity contribution in [3.8, 4) is 0 Å². The Labute approximate surface area is 199 Å². The van der Waals surface area contributed by atoms with Gasteiger partial charge in [-0.1, -0.05) is 13.8 Å². The van der Waals surface area contributed by atoms with Crippen molar-refractivity contribution in [3.63, 3.8) is 0 Å². The number of ether oxygens (including phenoxy) is 1. The topological polar surface area (TPSA) is 92.6 Å². The first kappa shape index (κ1) is 28.5. The molecule has 0 aliphatic carbocycles. The van der Waals surface area contributed by atoms with Crippen LogP contribution in [-0.4, -0.2) is 53.1 Å². The third-order valence-corrected chi connectivity index (χ3v) is 4.88. The highest BCUT2D eigenvalue weighted by molar-refractivity contribution is 14.0. The zero-order valence-corrected chi connectivity index (χ0v) is 22.2. The zero-order valence-electron chi connectivity index (χ0n) is 19.9. The number of alkyl carbamates (subject to hydrolysis) is 1. The molecule has 0 aliphatic rings. The van der Waals surface area contributed by atoms with E-state index in [0.717, 1.165) is 44.0 Å². The number of amides is 1. The summed E-state index contributed by atoms with van der Waals surface area (Å²) in [4.78, 5) is 16.6. The fourth-order valence-electron chi connectivity index (χ4n) is 3.05. The summed E-state index contributed by atoms with van der Waals surface area (Å²) in [5.41, 5.74) is 1.30. The highest BCUT2D eigenvalue weighted by atomic mass is 127. The molecule has 1 rings (SSSR count). The van der Waals surface area contributed by atoms with E-state index in [-0.39, 0.29) is 24.0 Å².